The molecule has 0 saturated carbocycles. The van der Waals surface area contributed by atoms with Gasteiger partial charge in [-0.25, -0.2) is 0 Å². The van der Waals surface area contributed by atoms with Gasteiger partial charge in [0.2, 0.25) is 0 Å². The predicted octanol–water partition coefficient (Wildman–Crippen LogP) is 3.03. The van der Waals surface area contributed by atoms with Gasteiger partial charge in [0.1, 0.15) is 0 Å². The van der Waals surface area contributed by atoms with Crippen molar-refractivity contribution in [2.75, 3.05) is 0 Å². The fourth-order valence-electron chi connectivity index (χ4n) is 1.53. The van der Waals surface area contributed by atoms with Crippen LogP contribution in [0.15, 0.2) is 46.4 Å². The zero-order chi connectivity index (χ0) is 12.5. The fraction of sp³-hybridized carbons (Fsp3) is 0. The minimum Gasteiger partial charge on any atom is -0.282 e. The normalized spacial score (nSPS) is 11.1. The van der Waals surface area contributed by atoms with Crippen molar-refractivity contribution >= 4 is 26.6 Å². The number of rotatable bonds is 2. The molecular formula is C10H7N3O3S. The fourth-order valence-corrected chi connectivity index (χ4v) is 2.04. The second-order valence-electron chi connectivity index (χ2n) is 3.32. The van der Waals surface area contributed by atoms with E-state index in [1.165, 1.54) is 18.2 Å². The summed E-state index contributed by atoms with van der Waals surface area (Å²) >= 11 is 0. The van der Waals surface area contributed by atoms with Crippen molar-refractivity contribution in [1.82, 2.24) is 0 Å². The van der Waals surface area contributed by atoms with E-state index < -0.39 is 10.1 Å². The average Bonchev–Trinajstić information content (AvgIpc) is 2.28. The molecule has 2 rings (SSSR count). The van der Waals surface area contributed by atoms with E-state index in [4.69, 9.17) is 10.1 Å². The molecule has 2 aromatic carbocycles. The SMILES string of the molecule is [N-]=[N+]=Nc1cccc2ccc(S(=O)(=O)O)cc12. The summed E-state index contributed by atoms with van der Waals surface area (Å²) in [6, 6.07) is 9.11. The zero-order valence-electron chi connectivity index (χ0n) is 8.48. The van der Waals surface area contributed by atoms with Crippen LogP contribution in [0.5, 0.6) is 0 Å². The van der Waals surface area contributed by atoms with Crippen molar-refractivity contribution in [3.63, 3.8) is 0 Å². The van der Waals surface area contributed by atoms with Crippen LogP contribution in [-0.4, -0.2) is 13.0 Å². The molecule has 0 bridgehead atoms. The Labute approximate surface area is 96.9 Å². The van der Waals surface area contributed by atoms with Crippen LogP contribution in [0.3, 0.4) is 0 Å². The van der Waals surface area contributed by atoms with Crippen LogP contribution in [0.1, 0.15) is 0 Å². The van der Waals surface area contributed by atoms with Crippen molar-refractivity contribution in [1.29, 1.82) is 0 Å². The molecule has 0 atom stereocenters. The smallest absolute Gasteiger partial charge is 0.282 e. The van der Waals surface area contributed by atoms with E-state index in [2.05, 4.69) is 10.0 Å². The molecule has 0 aliphatic heterocycles. The third-order valence-corrected chi connectivity index (χ3v) is 3.13. The minimum absolute atomic E-state index is 0.231. The van der Waals surface area contributed by atoms with Gasteiger partial charge in [0.25, 0.3) is 10.1 Å². The van der Waals surface area contributed by atoms with Crippen molar-refractivity contribution in [2.24, 2.45) is 5.11 Å². The number of fused-ring (bicyclic) bond motifs is 1. The summed E-state index contributed by atoms with van der Waals surface area (Å²) in [7, 11) is -4.26. The summed E-state index contributed by atoms with van der Waals surface area (Å²) in [5, 5.41) is 4.66. The zero-order valence-corrected chi connectivity index (χ0v) is 9.29. The molecule has 0 radical (unpaired) electrons. The van der Waals surface area contributed by atoms with Crippen molar-refractivity contribution < 1.29 is 13.0 Å². The lowest BCUT2D eigenvalue weighted by Gasteiger charge is -2.03. The van der Waals surface area contributed by atoms with Gasteiger partial charge in [-0.3, -0.25) is 4.55 Å². The third-order valence-electron chi connectivity index (χ3n) is 2.28. The Hall–Kier alpha value is -2.08. The predicted molar refractivity (Wildman–Crippen MR) is 62.6 cm³/mol. The highest BCUT2D eigenvalue weighted by Gasteiger charge is 2.10. The molecule has 0 unspecified atom stereocenters. The Morgan fingerprint density at radius 3 is 2.65 bits per heavy atom. The Kier molecular flexibility index (Phi) is 2.72. The Morgan fingerprint density at radius 2 is 2.00 bits per heavy atom. The molecule has 0 aliphatic carbocycles. The summed E-state index contributed by atoms with van der Waals surface area (Å²) in [6.07, 6.45) is 0. The summed E-state index contributed by atoms with van der Waals surface area (Å²) in [5.74, 6) is 0. The van der Waals surface area contributed by atoms with Crippen LogP contribution in [0.4, 0.5) is 5.69 Å². The van der Waals surface area contributed by atoms with Gasteiger partial charge in [0, 0.05) is 10.6 Å². The van der Waals surface area contributed by atoms with E-state index in [9.17, 15) is 8.42 Å². The molecule has 0 amide bonds. The molecule has 6 nitrogen and oxygen atoms in total. The van der Waals surface area contributed by atoms with E-state index in [0.717, 1.165) is 5.39 Å². The summed E-state index contributed by atoms with van der Waals surface area (Å²) in [5.41, 5.74) is 8.71. The van der Waals surface area contributed by atoms with Crippen LogP contribution in [0.2, 0.25) is 0 Å². The van der Waals surface area contributed by atoms with E-state index in [0.29, 0.717) is 11.1 Å². The van der Waals surface area contributed by atoms with Gasteiger partial charge in [0.05, 0.1) is 4.90 Å². The van der Waals surface area contributed by atoms with Gasteiger partial charge < -0.3 is 0 Å². The average molecular weight is 249 g/mol. The second-order valence-corrected chi connectivity index (χ2v) is 4.75. The second kappa shape index (κ2) is 4.06. The number of hydrogen-bond acceptors (Lipinski definition) is 3. The van der Waals surface area contributed by atoms with Crippen LogP contribution in [0.25, 0.3) is 21.2 Å². The first-order valence-corrected chi connectivity index (χ1v) is 6.02. The molecular weight excluding hydrogens is 242 g/mol. The maximum atomic E-state index is 11.0. The van der Waals surface area contributed by atoms with Crippen LogP contribution in [-0.2, 0) is 10.1 Å². The lowest BCUT2D eigenvalue weighted by atomic mass is 10.1. The van der Waals surface area contributed by atoms with Crippen molar-refractivity contribution in [3.05, 3.63) is 46.8 Å². The Morgan fingerprint density at radius 1 is 1.24 bits per heavy atom. The highest BCUT2D eigenvalue weighted by molar-refractivity contribution is 7.85. The van der Waals surface area contributed by atoms with Gasteiger partial charge in [-0.05, 0) is 28.4 Å². The van der Waals surface area contributed by atoms with Gasteiger partial charge in [-0.15, -0.1) is 0 Å². The largest absolute Gasteiger partial charge is 0.294 e. The Bertz CT molecular complexity index is 734. The number of hydrogen-bond donors (Lipinski definition) is 1. The molecule has 0 aromatic heterocycles. The first-order valence-electron chi connectivity index (χ1n) is 4.58. The summed E-state index contributed by atoms with van der Waals surface area (Å²) in [4.78, 5) is 2.43. The number of azide groups is 1. The molecule has 17 heavy (non-hydrogen) atoms. The highest BCUT2D eigenvalue weighted by atomic mass is 32.2. The molecule has 2 aromatic rings. The number of nitrogens with zero attached hydrogens (tertiary/aromatic N) is 3. The highest BCUT2D eigenvalue weighted by Crippen LogP contribution is 2.28. The van der Waals surface area contributed by atoms with Gasteiger partial charge in [-0.2, -0.15) is 8.42 Å². The molecule has 0 aliphatic rings. The molecule has 1 N–H and O–H groups in total. The van der Waals surface area contributed by atoms with E-state index in [-0.39, 0.29) is 4.90 Å². The first-order chi connectivity index (χ1) is 8.02. The van der Waals surface area contributed by atoms with Gasteiger partial charge >= 0.3 is 0 Å². The molecule has 0 fully saturated rings. The molecule has 7 heteroatoms. The van der Waals surface area contributed by atoms with Crippen LogP contribution in [0, 0.1) is 0 Å². The third kappa shape index (κ3) is 2.21. The maximum absolute atomic E-state index is 11.0. The van der Waals surface area contributed by atoms with Crippen LogP contribution >= 0.6 is 0 Å². The van der Waals surface area contributed by atoms with Crippen molar-refractivity contribution in [3.8, 4) is 0 Å². The summed E-state index contributed by atoms with van der Waals surface area (Å²) < 4.78 is 30.9. The monoisotopic (exact) mass is 249 g/mol. The molecule has 0 saturated heterocycles. The van der Waals surface area contributed by atoms with Gasteiger partial charge in [-0.1, -0.05) is 29.4 Å². The standard InChI is InChI=1S/C10H7N3O3S/c11-13-12-10-3-1-2-7-4-5-8(6-9(7)10)17(14,15)16/h1-6H,(H,14,15,16). The lowest BCUT2D eigenvalue weighted by molar-refractivity contribution is 0.483. The number of benzene rings is 2. The molecule has 0 heterocycles. The Balaban J connectivity index is 2.83. The van der Waals surface area contributed by atoms with E-state index >= 15 is 0 Å². The van der Waals surface area contributed by atoms with Crippen molar-refractivity contribution in [2.45, 2.75) is 4.90 Å². The maximum Gasteiger partial charge on any atom is 0.294 e. The van der Waals surface area contributed by atoms with E-state index in [1.807, 2.05) is 0 Å². The van der Waals surface area contributed by atoms with E-state index in [1.54, 1.807) is 18.2 Å². The van der Waals surface area contributed by atoms with Crippen LogP contribution < -0.4 is 0 Å². The molecule has 0 spiro atoms. The topological polar surface area (TPSA) is 103 Å². The molecule has 86 valence electrons. The first kappa shape index (κ1) is 11.4. The minimum atomic E-state index is -4.26. The lowest BCUT2D eigenvalue weighted by Crippen LogP contribution is -1.97. The quantitative estimate of drug-likeness (QED) is 0.383. The summed E-state index contributed by atoms with van der Waals surface area (Å²) in [6.45, 7) is 0. The van der Waals surface area contributed by atoms with Gasteiger partial charge in [0.15, 0.2) is 0 Å².